The van der Waals surface area contributed by atoms with Crippen molar-refractivity contribution in [3.05, 3.63) is 77.7 Å². The highest BCUT2D eigenvalue weighted by atomic mass is 16.5. The van der Waals surface area contributed by atoms with Crippen LogP contribution in [0.1, 0.15) is 59.0 Å². The summed E-state index contributed by atoms with van der Waals surface area (Å²) in [4.78, 5) is 24.5. The molecule has 0 bridgehead atoms. The van der Waals surface area contributed by atoms with E-state index < -0.39 is 5.41 Å². The Labute approximate surface area is 155 Å². The van der Waals surface area contributed by atoms with Crippen LogP contribution in [-0.2, 0) is 14.9 Å². The molecule has 0 aliphatic heterocycles. The summed E-state index contributed by atoms with van der Waals surface area (Å²) >= 11 is 0. The summed E-state index contributed by atoms with van der Waals surface area (Å²) in [5, 5.41) is 0. The lowest BCUT2D eigenvalue weighted by Gasteiger charge is -2.31. The number of carbonyl (C=O) groups is 2. The van der Waals surface area contributed by atoms with Crippen molar-refractivity contribution >= 4 is 11.9 Å². The molecule has 2 rings (SSSR count). The first-order valence-electron chi connectivity index (χ1n) is 8.87. The van der Waals surface area contributed by atoms with E-state index in [1.165, 1.54) is 0 Å². The van der Waals surface area contributed by atoms with Gasteiger partial charge in [-0.2, -0.15) is 0 Å². The first-order chi connectivity index (χ1) is 12.5. The van der Waals surface area contributed by atoms with Crippen LogP contribution in [-0.4, -0.2) is 25.2 Å². The molecule has 4 heteroatoms. The number of hydrogen-bond acceptors (Lipinski definition) is 4. The largest absolute Gasteiger partial charge is 0.462 e. The Morgan fingerprint density at radius 1 is 0.923 bits per heavy atom. The van der Waals surface area contributed by atoms with E-state index in [-0.39, 0.29) is 11.9 Å². The molecule has 0 spiro atoms. The van der Waals surface area contributed by atoms with E-state index >= 15 is 0 Å². The van der Waals surface area contributed by atoms with Gasteiger partial charge in [0.05, 0.1) is 24.3 Å². The fourth-order valence-electron chi connectivity index (χ4n) is 3.00. The van der Waals surface area contributed by atoms with Crippen molar-refractivity contribution in [2.24, 2.45) is 0 Å². The van der Waals surface area contributed by atoms with Crippen LogP contribution in [0.2, 0.25) is 0 Å². The van der Waals surface area contributed by atoms with Gasteiger partial charge >= 0.3 is 11.9 Å². The lowest BCUT2D eigenvalue weighted by Crippen LogP contribution is -2.27. The first kappa shape index (κ1) is 19.7. The minimum Gasteiger partial charge on any atom is -0.462 e. The molecule has 0 heterocycles. The van der Waals surface area contributed by atoms with Crippen molar-refractivity contribution in [3.8, 4) is 0 Å². The van der Waals surface area contributed by atoms with Crippen LogP contribution in [0.5, 0.6) is 0 Å². The molecule has 0 N–H and O–H groups in total. The third-order valence-electron chi connectivity index (χ3n) is 4.47. The minimum absolute atomic E-state index is 0.307. The molecule has 1 unspecified atom stereocenters. The molecule has 2 aromatic carbocycles. The number of hydrogen-bond donors (Lipinski definition) is 0. The minimum atomic E-state index is -0.689. The molecular weight excluding hydrogens is 328 g/mol. The van der Waals surface area contributed by atoms with Crippen LogP contribution in [0, 0.1) is 6.92 Å². The topological polar surface area (TPSA) is 52.6 Å². The first-order valence-corrected chi connectivity index (χ1v) is 8.87. The Morgan fingerprint density at radius 2 is 1.58 bits per heavy atom. The monoisotopic (exact) mass is 353 g/mol. The van der Waals surface area contributed by atoms with Crippen molar-refractivity contribution < 1.29 is 19.1 Å². The van der Waals surface area contributed by atoms with E-state index in [0.717, 1.165) is 11.1 Å². The molecule has 0 saturated carbocycles. The smallest absolute Gasteiger partial charge is 0.338 e. The molecule has 0 aromatic heterocycles. The van der Waals surface area contributed by atoms with Gasteiger partial charge in [-0.1, -0.05) is 37.3 Å². The van der Waals surface area contributed by atoms with Crippen LogP contribution < -0.4 is 0 Å². The van der Waals surface area contributed by atoms with Crippen molar-refractivity contribution in [1.29, 1.82) is 0 Å². The van der Waals surface area contributed by atoms with Gasteiger partial charge in [0.1, 0.15) is 0 Å². The number of esters is 2. The van der Waals surface area contributed by atoms with Crippen molar-refractivity contribution in [2.75, 3.05) is 13.2 Å². The second-order valence-corrected chi connectivity index (χ2v) is 6.00. The van der Waals surface area contributed by atoms with Crippen LogP contribution in [0.3, 0.4) is 0 Å². The summed E-state index contributed by atoms with van der Waals surface area (Å²) in [6.45, 7) is 10.6. The predicted octanol–water partition coefficient (Wildman–Crippen LogP) is 4.57. The molecule has 0 aliphatic carbocycles. The third-order valence-corrected chi connectivity index (χ3v) is 4.47. The molecule has 1 atom stereocenters. The molecule has 1 radical (unpaired) electrons. The molecule has 0 amide bonds. The standard InChI is InChI=1S/C22H25O4/c1-5-22(4,17-12-10-11-16(15-17)20(23)25-6-2)19-14-9-8-13-18(19)21(24)26-7-3/h8-15H,4-7H2,1-3H3. The maximum atomic E-state index is 12.4. The normalized spacial score (nSPS) is 12.9. The Hall–Kier alpha value is -2.62. The van der Waals surface area contributed by atoms with Crippen LogP contribution >= 0.6 is 0 Å². The number of ether oxygens (including phenoxy) is 2. The van der Waals surface area contributed by atoms with Crippen LogP contribution in [0.4, 0.5) is 0 Å². The van der Waals surface area contributed by atoms with Crippen molar-refractivity contribution in [2.45, 2.75) is 32.6 Å². The zero-order chi connectivity index (χ0) is 19.2. The van der Waals surface area contributed by atoms with E-state index in [9.17, 15) is 9.59 Å². The third kappa shape index (κ3) is 3.96. The highest BCUT2D eigenvalue weighted by Gasteiger charge is 2.32. The van der Waals surface area contributed by atoms with E-state index in [1.54, 1.807) is 38.1 Å². The molecular formula is C22H25O4. The molecule has 0 saturated heterocycles. The SMILES string of the molecule is [CH2]C(CC)(c1cccc(C(=O)OCC)c1)c1ccccc1C(=O)OCC. The van der Waals surface area contributed by atoms with Gasteiger partial charge in [-0.3, -0.25) is 0 Å². The van der Waals surface area contributed by atoms with Gasteiger partial charge in [-0.25, -0.2) is 9.59 Å². The summed E-state index contributed by atoms with van der Waals surface area (Å²) in [6.07, 6.45) is 0.649. The molecule has 137 valence electrons. The Bertz CT molecular complexity index is 781. The molecule has 4 nitrogen and oxygen atoms in total. The summed E-state index contributed by atoms with van der Waals surface area (Å²) in [7, 11) is 0. The Kier molecular flexibility index (Phi) is 6.56. The van der Waals surface area contributed by atoms with Crippen molar-refractivity contribution in [3.63, 3.8) is 0 Å². The second kappa shape index (κ2) is 8.65. The van der Waals surface area contributed by atoms with Gasteiger partial charge in [-0.15, -0.1) is 0 Å². The lowest BCUT2D eigenvalue weighted by molar-refractivity contribution is 0.0514. The second-order valence-electron chi connectivity index (χ2n) is 6.00. The van der Waals surface area contributed by atoms with E-state index in [0.29, 0.717) is 30.8 Å². The van der Waals surface area contributed by atoms with E-state index in [2.05, 4.69) is 6.92 Å². The van der Waals surface area contributed by atoms with E-state index in [1.807, 2.05) is 31.2 Å². The van der Waals surface area contributed by atoms with Crippen LogP contribution in [0.25, 0.3) is 0 Å². The van der Waals surface area contributed by atoms with Gasteiger partial charge in [0.25, 0.3) is 0 Å². The maximum absolute atomic E-state index is 12.4. The average Bonchev–Trinajstić information content (AvgIpc) is 2.68. The number of rotatable bonds is 7. The van der Waals surface area contributed by atoms with Gasteiger partial charge in [0.2, 0.25) is 0 Å². The zero-order valence-corrected chi connectivity index (χ0v) is 15.6. The quantitative estimate of drug-likeness (QED) is 0.684. The summed E-state index contributed by atoms with van der Waals surface area (Å²) in [6, 6.07) is 14.6. The molecule has 26 heavy (non-hydrogen) atoms. The van der Waals surface area contributed by atoms with E-state index in [4.69, 9.17) is 9.47 Å². The van der Waals surface area contributed by atoms with Gasteiger partial charge in [0, 0.05) is 5.41 Å². The number of benzene rings is 2. The molecule has 2 aromatic rings. The van der Waals surface area contributed by atoms with Crippen LogP contribution in [0.15, 0.2) is 48.5 Å². The summed E-state index contributed by atoms with van der Waals surface area (Å²) in [5.74, 6) is -0.738. The van der Waals surface area contributed by atoms with Crippen molar-refractivity contribution in [1.82, 2.24) is 0 Å². The fourth-order valence-corrected chi connectivity index (χ4v) is 3.00. The van der Waals surface area contributed by atoms with Gasteiger partial charge < -0.3 is 9.47 Å². The van der Waals surface area contributed by atoms with Gasteiger partial charge in [-0.05, 0) is 56.5 Å². The zero-order valence-electron chi connectivity index (χ0n) is 15.6. The Morgan fingerprint density at radius 3 is 2.23 bits per heavy atom. The molecule has 0 fully saturated rings. The fraction of sp³-hybridized carbons (Fsp3) is 0.318. The molecule has 0 aliphatic rings. The Balaban J connectivity index is 2.55. The summed E-state index contributed by atoms with van der Waals surface area (Å²) in [5.41, 5.74) is 1.91. The highest BCUT2D eigenvalue weighted by molar-refractivity contribution is 5.92. The highest BCUT2D eigenvalue weighted by Crippen LogP contribution is 2.37. The lowest BCUT2D eigenvalue weighted by atomic mass is 9.72. The number of carbonyl (C=O) groups excluding carboxylic acids is 2. The van der Waals surface area contributed by atoms with Gasteiger partial charge in [0.15, 0.2) is 0 Å². The predicted molar refractivity (Wildman–Crippen MR) is 101 cm³/mol. The maximum Gasteiger partial charge on any atom is 0.338 e. The average molecular weight is 353 g/mol. The summed E-state index contributed by atoms with van der Waals surface area (Å²) < 4.78 is 10.3.